The summed E-state index contributed by atoms with van der Waals surface area (Å²) in [4.78, 5) is 23.2. The predicted octanol–water partition coefficient (Wildman–Crippen LogP) is 6.35. The Bertz CT molecular complexity index is 1260. The first-order valence-corrected chi connectivity index (χ1v) is 10.2. The molecule has 0 aliphatic rings. The third-order valence-electron chi connectivity index (χ3n) is 4.29. The molecule has 1 aromatic heterocycles. The Morgan fingerprint density at radius 3 is 2.00 bits per heavy atom. The summed E-state index contributed by atoms with van der Waals surface area (Å²) in [5, 5.41) is 0.823. The van der Waals surface area contributed by atoms with Crippen molar-refractivity contribution in [3.63, 3.8) is 0 Å². The standard InChI is InChI=1S/C24H17FO5S/c1-14(26)28-18-7-9-19(10-8-18)30-23-21-12-11-20(29-15(2)27)13-22(21)31-24(23)16-3-5-17(25)6-4-16/h3-13H,1-2H3. The normalized spacial score (nSPS) is 10.7. The summed E-state index contributed by atoms with van der Waals surface area (Å²) in [6, 6.07) is 18.1. The first-order valence-electron chi connectivity index (χ1n) is 9.36. The second kappa shape index (κ2) is 8.57. The van der Waals surface area contributed by atoms with Crippen LogP contribution < -0.4 is 14.2 Å². The van der Waals surface area contributed by atoms with Gasteiger partial charge >= 0.3 is 11.9 Å². The smallest absolute Gasteiger partial charge is 0.308 e. The van der Waals surface area contributed by atoms with Crippen molar-refractivity contribution in [3.05, 3.63) is 72.5 Å². The highest BCUT2D eigenvalue weighted by Crippen LogP contribution is 2.47. The summed E-state index contributed by atoms with van der Waals surface area (Å²) in [6.45, 7) is 2.68. The number of hydrogen-bond acceptors (Lipinski definition) is 6. The van der Waals surface area contributed by atoms with Crippen molar-refractivity contribution in [1.82, 2.24) is 0 Å². The van der Waals surface area contributed by atoms with E-state index < -0.39 is 11.9 Å². The molecular formula is C24H17FO5S. The lowest BCUT2D eigenvalue weighted by Gasteiger charge is -2.09. The fraction of sp³-hybridized carbons (Fsp3) is 0.0833. The van der Waals surface area contributed by atoms with Crippen LogP contribution in [0, 0.1) is 5.82 Å². The molecule has 4 aromatic rings. The number of carbonyl (C=O) groups excluding carboxylic acids is 2. The summed E-state index contributed by atoms with van der Waals surface area (Å²) >= 11 is 1.45. The van der Waals surface area contributed by atoms with Crippen molar-refractivity contribution in [1.29, 1.82) is 0 Å². The van der Waals surface area contributed by atoms with Gasteiger partial charge in [0, 0.05) is 23.9 Å². The van der Waals surface area contributed by atoms with Gasteiger partial charge in [0.15, 0.2) is 5.75 Å². The highest BCUT2D eigenvalue weighted by atomic mass is 32.1. The molecule has 4 rings (SSSR count). The highest BCUT2D eigenvalue weighted by molar-refractivity contribution is 7.22. The van der Waals surface area contributed by atoms with Gasteiger partial charge in [-0.3, -0.25) is 9.59 Å². The molecule has 0 spiro atoms. The van der Waals surface area contributed by atoms with Crippen molar-refractivity contribution < 1.29 is 28.2 Å². The Labute approximate surface area is 181 Å². The van der Waals surface area contributed by atoms with Crippen molar-refractivity contribution in [3.8, 4) is 33.4 Å². The van der Waals surface area contributed by atoms with Gasteiger partial charge in [-0.25, -0.2) is 4.39 Å². The Hall–Kier alpha value is -3.71. The van der Waals surface area contributed by atoms with E-state index in [9.17, 15) is 14.0 Å². The number of esters is 2. The van der Waals surface area contributed by atoms with Crippen LogP contribution in [0.4, 0.5) is 4.39 Å². The lowest BCUT2D eigenvalue weighted by Crippen LogP contribution is -2.00. The molecule has 0 amide bonds. The molecule has 0 atom stereocenters. The van der Waals surface area contributed by atoms with Crippen molar-refractivity contribution in [2.75, 3.05) is 0 Å². The minimum absolute atomic E-state index is 0.328. The van der Waals surface area contributed by atoms with E-state index in [-0.39, 0.29) is 5.82 Å². The average molecular weight is 436 g/mol. The first kappa shape index (κ1) is 20.6. The second-order valence-electron chi connectivity index (χ2n) is 6.69. The maximum absolute atomic E-state index is 13.4. The summed E-state index contributed by atoms with van der Waals surface area (Å²) in [5.74, 6) is 0.859. The molecule has 31 heavy (non-hydrogen) atoms. The molecule has 0 aliphatic carbocycles. The van der Waals surface area contributed by atoms with Crippen LogP contribution in [0.25, 0.3) is 20.5 Å². The Morgan fingerprint density at radius 1 is 0.774 bits per heavy atom. The molecule has 1 heterocycles. The number of halogens is 1. The molecule has 3 aromatic carbocycles. The highest BCUT2D eigenvalue weighted by Gasteiger charge is 2.18. The number of benzene rings is 3. The molecule has 0 saturated heterocycles. The van der Waals surface area contributed by atoms with E-state index in [0.717, 1.165) is 20.5 Å². The quantitative estimate of drug-likeness (QED) is 0.269. The van der Waals surface area contributed by atoms with Crippen LogP contribution in [0.15, 0.2) is 66.7 Å². The lowest BCUT2D eigenvalue weighted by molar-refractivity contribution is -0.132. The fourth-order valence-corrected chi connectivity index (χ4v) is 4.20. The maximum atomic E-state index is 13.4. The van der Waals surface area contributed by atoms with Gasteiger partial charge in [-0.15, -0.1) is 11.3 Å². The topological polar surface area (TPSA) is 61.8 Å². The Kier molecular flexibility index (Phi) is 5.68. The molecule has 0 bridgehead atoms. The van der Waals surface area contributed by atoms with E-state index in [1.54, 1.807) is 48.5 Å². The van der Waals surface area contributed by atoms with Crippen LogP contribution in [-0.2, 0) is 9.59 Å². The zero-order chi connectivity index (χ0) is 22.0. The van der Waals surface area contributed by atoms with Crippen LogP contribution >= 0.6 is 11.3 Å². The fourth-order valence-electron chi connectivity index (χ4n) is 3.03. The number of fused-ring (bicyclic) bond motifs is 1. The summed E-state index contributed by atoms with van der Waals surface area (Å²) in [7, 11) is 0. The Balaban J connectivity index is 1.77. The van der Waals surface area contributed by atoms with Gasteiger partial charge < -0.3 is 14.2 Å². The average Bonchev–Trinajstić information content (AvgIpc) is 3.07. The largest absolute Gasteiger partial charge is 0.455 e. The van der Waals surface area contributed by atoms with Crippen LogP contribution in [-0.4, -0.2) is 11.9 Å². The van der Waals surface area contributed by atoms with Crippen LogP contribution in [0.1, 0.15) is 13.8 Å². The molecule has 0 aliphatic heterocycles. The zero-order valence-electron chi connectivity index (χ0n) is 16.7. The van der Waals surface area contributed by atoms with Gasteiger partial charge in [-0.2, -0.15) is 0 Å². The van der Waals surface area contributed by atoms with Crippen LogP contribution in [0.2, 0.25) is 0 Å². The first-order chi connectivity index (χ1) is 14.9. The van der Waals surface area contributed by atoms with E-state index >= 15 is 0 Å². The van der Waals surface area contributed by atoms with Gasteiger partial charge in [0.2, 0.25) is 0 Å². The summed E-state index contributed by atoms with van der Waals surface area (Å²) in [5.41, 5.74) is 0.795. The number of thiophene rings is 1. The van der Waals surface area contributed by atoms with Crippen molar-refractivity contribution in [2.45, 2.75) is 13.8 Å². The molecular weight excluding hydrogens is 419 g/mol. The molecule has 0 saturated carbocycles. The molecule has 0 radical (unpaired) electrons. The van der Waals surface area contributed by atoms with Gasteiger partial charge in [-0.05, 0) is 60.2 Å². The Morgan fingerprint density at radius 2 is 1.35 bits per heavy atom. The third kappa shape index (κ3) is 4.73. The third-order valence-corrected chi connectivity index (χ3v) is 5.47. The summed E-state index contributed by atoms with van der Waals surface area (Å²) < 4.78 is 30.7. The number of ether oxygens (including phenoxy) is 3. The monoisotopic (exact) mass is 436 g/mol. The molecule has 7 heteroatoms. The zero-order valence-corrected chi connectivity index (χ0v) is 17.5. The van der Waals surface area contributed by atoms with Crippen molar-refractivity contribution in [2.24, 2.45) is 0 Å². The molecule has 156 valence electrons. The SMILES string of the molecule is CC(=O)Oc1ccc(Oc2c(-c3ccc(F)cc3)sc3cc(OC(C)=O)ccc23)cc1. The second-order valence-corrected chi connectivity index (χ2v) is 7.74. The molecule has 0 unspecified atom stereocenters. The number of hydrogen-bond donors (Lipinski definition) is 0. The van der Waals surface area contributed by atoms with E-state index in [1.165, 1.54) is 37.3 Å². The van der Waals surface area contributed by atoms with Gasteiger partial charge in [-0.1, -0.05) is 12.1 Å². The lowest BCUT2D eigenvalue weighted by atomic mass is 10.1. The van der Waals surface area contributed by atoms with E-state index in [4.69, 9.17) is 14.2 Å². The van der Waals surface area contributed by atoms with Gasteiger partial charge in [0.1, 0.15) is 23.1 Å². The van der Waals surface area contributed by atoms with Gasteiger partial charge in [0.05, 0.1) is 4.88 Å². The maximum Gasteiger partial charge on any atom is 0.308 e. The van der Waals surface area contributed by atoms with E-state index in [1.807, 2.05) is 6.07 Å². The molecule has 0 fully saturated rings. The summed E-state index contributed by atoms with van der Waals surface area (Å²) in [6.07, 6.45) is 0. The number of rotatable bonds is 5. The minimum Gasteiger partial charge on any atom is -0.455 e. The van der Waals surface area contributed by atoms with Crippen LogP contribution in [0.5, 0.6) is 23.0 Å². The van der Waals surface area contributed by atoms with E-state index in [0.29, 0.717) is 23.0 Å². The minimum atomic E-state index is -0.404. The van der Waals surface area contributed by atoms with E-state index in [2.05, 4.69) is 0 Å². The molecule has 5 nitrogen and oxygen atoms in total. The van der Waals surface area contributed by atoms with Gasteiger partial charge in [0.25, 0.3) is 0 Å². The van der Waals surface area contributed by atoms with Crippen molar-refractivity contribution >= 4 is 33.4 Å². The number of carbonyl (C=O) groups is 2. The predicted molar refractivity (Wildman–Crippen MR) is 116 cm³/mol. The molecule has 0 N–H and O–H groups in total. The van der Waals surface area contributed by atoms with Crippen LogP contribution in [0.3, 0.4) is 0 Å².